The van der Waals surface area contributed by atoms with Crippen LogP contribution in [0.5, 0.6) is 0 Å². The van der Waals surface area contributed by atoms with Crippen molar-refractivity contribution in [1.29, 1.82) is 0 Å². The van der Waals surface area contributed by atoms with E-state index in [-0.39, 0.29) is 0 Å². The van der Waals surface area contributed by atoms with Gasteiger partial charge in [0.05, 0.1) is 5.39 Å². The molecule has 0 radical (unpaired) electrons. The molecule has 0 fully saturated rings. The Morgan fingerprint density at radius 1 is 0.333 bits per heavy atom. The van der Waals surface area contributed by atoms with Gasteiger partial charge in [0, 0.05) is 47.8 Å². The Kier molecular flexibility index (Phi) is 7.98. The maximum absolute atomic E-state index is 6.54. The third kappa shape index (κ3) is 6.01. The minimum absolute atomic E-state index is 0.569. The second kappa shape index (κ2) is 14.2. The summed E-state index contributed by atoms with van der Waals surface area (Å²) in [5, 5.41) is 6.45. The van der Waals surface area contributed by atoms with Gasteiger partial charge < -0.3 is 8.83 Å². The molecule has 9 aromatic carbocycles. The first-order valence-electron chi connectivity index (χ1n) is 20.9. The number of oxazole rings is 1. The molecule has 13 rings (SSSR count). The van der Waals surface area contributed by atoms with Gasteiger partial charge in [-0.3, -0.25) is 0 Å². The normalized spacial score (nSPS) is 11.8. The lowest BCUT2D eigenvalue weighted by Gasteiger charge is -2.11. The summed E-state index contributed by atoms with van der Waals surface area (Å²) in [5.41, 5.74) is 11.1. The summed E-state index contributed by atoms with van der Waals surface area (Å²) in [6, 6.07) is 67.1. The van der Waals surface area contributed by atoms with Gasteiger partial charge >= 0.3 is 0 Å². The number of furan rings is 1. The van der Waals surface area contributed by atoms with Crippen LogP contribution >= 0.6 is 11.3 Å². The molecular weight excluding hydrogens is 793 g/mol. The van der Waals surface area contributed by atoms with Crippen LogP contribution in [0.4, 0.5) is 0 Å². The molecule has 0 saturated heterocycles. The summed E-state index contributed by atoms with van der Waals surface area (Å²) in [6.07, 6.45) is 0. The van der Waals surface area contributed by atoms with Crippen LogP contribution in [-0.4, -0.2) is 19.9 Å². The molecule has 0 bridgehead atoms. The molecular formula is C56H32N4O2S. The molecule has 0 saturated carbocycles. The van der Waals surface area contributed by atoms with Gasteiger partial charge in [-0.25, -0.2) is 19.9 Å². The van der Waals surface area contributed by atoms with E-state index in [9.17, 15) is 0 Å². The van der Waals surface area contributed by atoms with Crippen molar-refractivity contribution in [2.45, 2.75) is 0 Å². The summed E-state index contributed by atoms with van der Waals surface area (Å²) in [6.45, 7) is 0. The molecule has 0 atom stereocenters. The number of nitrogens with zero attached hydrogens (tertiary/aromatic N) is 4. The van der Waals surface area contributed by atoms with Crippen molar-refractivity contribution in [3.8, 4) is 67.9 Å². The predicted octanol–water partition coefficient (Wildman–Crippen LogP) is 15.4. The summed E-state index contributed by atoms with van der Waals surface area (Å²) in [4.78, 5) is 20.5. The fourth-order valence-electron chi connectivity index (χ4n) is 8.85. The molecule has 0 unspecified atom stereocenters. The quantitative estimate of drug-likeness (QED) is 0.166. The second-order valence-electron chi connectivity index (χ2n) is 15.8. The van der Waals surface area contributed by atoms with E-state index in [0.717, 1.165) is 82.7 Å². The Labute approximate surface area is 364 Å². The van der Waals surface area contributed by atoms with Crippen molar-refractivity contribution in [1.82, 2.24) is 19.9 Å². The van der Waals surface area contributed by atoms with Gasteiger partial charge in [0.1, 0.15) is 16.7 Å². The molecule has 6 nitrogen and oxygen atoms in total. The Balaban J connectivity index is 0.979. The molecule has 0 amide bonds. The van der Waals surface area contributed by atoms with Gasteiger partial charge in [-0.15, -0.1) is 11.3 Å². The Bertz CT molecular complexity index is 3910. The lowest BCUT2D eigenvalue weighted by Crippen LogP contribution is -2.00. The van der Waals surface area contributed by atoms with Crippen molar-refractivity contribution in [3.63, 3.8) is 0 Å². The third-order valence-electron chi connectivity index (χ3n) is 12.0. The zero-order valence-electron chi connectivity index (χ0n) is 33.5. The Morgan fingerprint density at radius 2 is 0.889 bits per heavy atom. The fraction of sp³-hybridized carbons (Fsp3) is 0. The smallest absolute Gasteiger partial charge is 0.227 e. The highest BCUT2D eigenvalue weighted by Gasteiger charge is 2.20. The van der Waals surface area contributed by atoms with Crippen LogP contribution in [0.25, 0.3) is 132 Å². The second-order valence-corrected chi connectivity index (χ2v) is 16.9. The summed E-state index contributed by atoms with van der Waals surface area (Å²) in [7, 11) is 0. The standard InChI is InChI=1S/C56H32N4O2S/c1-3-10-33(11-4-1)34-18-21-36(22-19-34)53-58-54(40-15-9-14-38(30-40)39-25-29-49-44(31-39)42-16-7-8-17-48(42)63-49)60-55(59-53)41-23-20-35-24-27-46-50(43(35)32-41)51-47(61-46)28-26-45-52(51)62-56(57-45)37-12-5-2-6-13-37/h1-32H. The fourth-order valence-corrected chi connectivity index (χ4v) is 9.94. The van der Waals surface area contributed by atoms with Crippen molar-refractivity contribution in [2.24, 2.45) is 0 Å². The summed E-state index contributed by atoms with van der Waals surface area (Å²) >= 11 is 1.83. The maximum Gasteiger partial charge on any atom is 0.227 e. The van der Waals surface area contributed by atoms with Gasteiger partial charge in [-0.1, -0.05) is 133 Å². The SMILES string of the molecule is c1ccc(-c2ccc(-c3nc(-c4cccc(-c5ccc6sc7ccccc7c6c5)c4)nc(-c4ccc5ccc6oc7ccc8nc(-c9ccccc9)oc8c7c6c5c4)n3)cc2)cc1. The van der Waals surface area contributed by atoms with Crippen LogP contribution in [0.1, 0.15) is 0 Å². The molecule has 0 aliphatic carbocycles. The largest absolute Gasteiger partial charge is 0.456 e. The maximum atomic E-state index is 6.54. The van der Waals surface area contributed by atoms with Gasteiger partial charge in [0.2, 0.25) is 5.89 Å². The monoisotopic (exact) mass is 824 g/mol. The van der Waals surface area contributed by atoms with Crippen LogP contribution < -0.4 is 0 Å². The molecule has 7 heteroatoms. The number of benzene rings is 9. The molecule has 13 aromatic rings. The van der Waals surface area contributed by atoms with Crippen molar-refractivity contribution in [2.75, 3.05) is 0 Å². The summed E-state index contributed by atoms with van der Waals surface area (Å²) in [5.74, 6) is 2.33. The van der Waals surface area contributed by atoms with E-state index in [1.807, 2.05) is 65.9 Å². The molecule has 0 aliphatic heterocycles. The predicted molar refractivity (Wildman–Crippen MR) is 258 cm³/mol. The average Bonchev–Trinajstić information content (AvgIpc) is 4.08. The van der Waals surface area contributed by atoms with Crippen LogP contribution in [0.15, 0.2) is 203 Å². The Hall–Kier alpha value is -8.26. The lowest BCUT2D eigenvalue weighted by atomic mass is 10.00. The van der Waals surface area contributed by atoms with Gasteiger partial charge in [-0.2, -0.15) is 0 Å². The number of thiophene rings is 1. The molecule has 0 N–H and O–H groups in total. The number of aromatic nitrogens is 4. The molecule has 0 spiro atoms. The average molecular weight is 825 g/mol. The Morgan fingerprint density at radius 3 is 1.71 bits per heavy atom. The molecule has 0 aliphatic rings. The van der Waals surface area contributed by atoms with E-state index in [1.165, 1.54) is 20.2 Å². The summed E-state index contributed by atoms with van der Waals surface area (Å²) < 4.78 is 15.6. The molecule has 4 aromatic heterocycles. The van der Waals surface area contributed by atoms with Crippen LogP contribution in [-0.2, 0) is 0 Å². The van der Waals surface area contributed by atoms with Crippen LogP contribution in [0.2, 0.25) is 0 Å². The van der Waals surface area contributed by atoms with E-state index in [4.69, 9.17) is 28.8 Å². The first-order chi connectivity index (χ1) is 31.2. The number of rotatable bonds is 6. The van der Waals surface area contributed by atoms with E-state index in [1.54, 1.807) is 0 Å². The van der Waals surface area contributed by atoms with E-state index >= 15 is 0 Å². The highest BCUT2D eigenvalue weighted by atomic mass is 32.1. The number of hydrogen-bond acceptors (Lipinski definition) is 7. The zero-order chi connectivity index (χ0) is 41.4. The first kappa shape index (κ1) is 35.5. The van der Waals surface area contributed by atoms with E-state index in [2.05, 4.69) is 140 Å². The highest BCUT2D eigenvalue weighted by Crippen LogP contribution is 2.42. The third-order valence-corrected chi connectivity index (χ3v) is 13.1. The first-order valence-corrected chi connectivity index (χ1v) is 21.7. The van der Waals surface area contributed by atoms with E-state index in [0.29, 0.717) is 28.9 Å². The van der Waals surface area contributed by atoms with Gasteiger partial charge in [0.25, 0.3) is 0 Å². The number of fused-ring (bicyclic) bond motifs is 10. The van der Waals surface area contributed by atoms with Crippen molar-refractivity contribution >= 4 is 75.3 Å². The van der Waals surface area contributed by atoms with Gasteiger partial charge in [0.15, 0.2) is 23.1 Å². The molecule has 63 heavy (non-hydrogen) atoms. The minimum atomic E-state index is 0.569. The van der Waals surface area contributed by atoms with Crippen molar-refractivity contribution < 1.29 is 8.83 Å². The van der Waals surface area contributed by atoms with E-state index < -0.39 is 0 Å². The van der Waals surface area contributed by atoms with Gasteiger partial charge in [-0.05, 0) is 93.7 Å². The topological polar surface area (TPSA) is 77.8 Å². The lowest BCUT2D eigenvalue weighted by molar-refractivity contribution is 0.622. The molecule has 294 valence electrons. The zero-order valence-corrected chi connectivity index (χ0v) is 34.3. The van der Waals surface area contributed by atoms with Crippen LogP contribution in [0.3, 0.4) is 0 Å². The molecule has 4 heterocycles. The van der Waals surface area contributed by atoms with Crippen molar-refractivity contribution in [3.05, 3.63) is 194 Å². The highest BCUT2D eigenvalue weighted by molar-refractivity contribution is 7.25. The van der Waals surface area contributed by atoms with Crippen LogP contribution in [0, 0.1) is 0 Å². The number of hydrogen-bond donors (Lipinski definition) is 0. The minimum Gasteiger partial charge on any atom is -0.456 e.